The van der Waals surface area contributed by atoms with Crippen LogP contribution in [0.15, 0.2) is 47.3 Å². The molecule has 0 radical (unpaired) electrons. The number of ether oxygens (including phenoxy) is 1. The molecule has 0 aliphatic rings. The number of methoxy groups -OCH3 is 1. The van der Waals surface area contributed by atoms with Crippen LogP contribution in [0.5, 0.6) is 5.75 Å². The van der Waals surface area contributed by atoms with Gasteiger partial charge in [0.25, 0.3) is 11.5 Å². The van der Waals surface area contributed by atoms with Crippen LogP contribution >= 0.6 is 11.6 Å². The topological polar surface area (TPSA) is 84.1 Å². The van der Waals surface area contributed by atoms with Gasteiger partial charge in [-0.3, -0.25) is 9.59 Å². The van der Waals surface area contributed by atoms with Gasteiger partial charge in [-0.1, -0.05) is 29.8 Å². The summed E-state index contributed by atoms with van der Waals surface area (Å²) in [5.41, 5.74) is 2.91. The Kier molecular flexibility index (Phi) is 5.80. The monoisotopic (exact) mass is 397 g/mol. The third-order valence-electron chi connectivity index (χ3n) is 4.22. The molecule has 3 rings (SSSR count). The Labute approximate surface area is 167 Å². The standard InChI is InChI=1S/C21H20ClN3O3/c1-12-8-13(2)20(16(22)9-12)25-21(27)17-11-19(26)24-18(23-17)10-14-4-6-15(28-3)7-5-14/h4-9,11H,10H2,1-3H3,(H,25,27)(H,23,24,26). The Morgan fingerprint density at radius 1 is 1.18 bits per heavy atom. The van der Waals surface area contributed by atoms with E-state index in [1.54, 1.807) is 13.2 Å². The van der Waals surface area contributed by atoms with Crippen LogP contribution in [0.4, 0.5) is 5.69 Å². The summed E-state index contributed by atoms with van der Waals surface area (Å²) in [6.45, 7) is 3.78. The molecule has 0 fully saturated rings. The zero-order chi connectivity index (χ0) is 20.3. The molecule has 0 aliphatic carbocycles. The van der Waals surface area contributed by atoms with E-state index < -0.39 is 11.5 Å². The highest BCUT2D eigenvalue weighted by Gasteiger charge is 2.14. The Hall–Kier alpha value is -3.12. The molecule has 1 aromatic heterocycles. The second-order valence-electron chi connectivity index (χ2n) is 6.49. The molecule has 0 bridgehead atoms. The zero-order valence-corrected chi connectivity index (χ0v) is 16.6. The number of aryl methyl sites for hydroxylation is 2. The summed E-state index contributed by atoms with van der Waals surface area (Å²) in [6.07, 6.45) is 0.380. The molecule has 2 aromatic carbocycles. The molecule has 1 amide bonds. The van der Waals surface area contributed by atoms with Crippen molar-refractivity contribution in [1.29, 1.82) is 0 Å². The molecule has 1 heterocycles. The van der Waals surface area contributed by atoms with Crippen LogP contribution in [0.25, 0.3) is 0 Å². The van der Waals surface area contributed by atoms with Gasteiger partial charge >= 0.3 is 0 Å². The molecular weight excluding hydrogens is 378 g/mol. The summed E-state index contributed by atoms with van der Waals surface area (Å²) >= 11 is 6.25. The third kappa shape index (κ3) is 4.58. The van der Waals surface area contributed by atoms with E-state index in [2.05, 4.69) is 15.3 Å². The highest BCUT2D eigenvalue weighted by atomic mass is 35.5. The lowest BCUT2D eigenvalue weighted by atomic mass is 10.1. The number of amides is 1. The average molecular weight is 398 g/mol. The van der Waals surface area contributed by atoms with Crippen LogP contribution in [0, 0.1) is 13.8 Å². The van der Waals surface area contributed by atoms with E-state index in [9.17, 15) is 9.59 Å². The van der Waals surface area contributed by atoms with E-state index in [4.69, 9.17) is 16.3 Å². The summed E-state index contributed by atoms with van der Waals surface area (Å²) in [5, 5.41) is 3.19. The first-order chi connectivity index (χ1) is 13.4. The number of hydrogen-bond donors (Lipinski definition) is 2. The van der Waals surface area contributed by atoms with Gasteiger partial charge in [-0.25, -0.2) is 4.98 Å². The number of nitrogens with zero attached hydrogens (tertiary/aromatic N) is 1. The van der Waals surface area contributed by atoms with Crippen LogP contribution in [-0.4, -0.2) is 23.0 Å². The number of carbonyl (C=O) groups excluding carboxylic acids is 1. The van der Waals surface area contributed by atoms with E-state index in [1.807, 2.05) is 44.2 Å². The second kappa shape index (κ2) is 8.27. The molecule has 6 nitrogen and oxygen atoms in total. The highest BCUT2D eigenvalue weighted by molar-refractivity contribution is 6.34. The Morgan fingerprint density at radius 3 is 2.54 bits per heavy atom. The number of rotatable bonds is 5. The van der Waals surface area contributed by atoms with E-state index in [1.165, 1.54) is 6.07 Å². The molecule has 0 saturated heterocycles. The van der Waals surface area contributed by atoms with Crippen LogP contribution in [-0.2, 0) is 6.42 Å². The van der Waals surface area contributed by atoms with E-state index in [0.29, 0.717) is 23.0 Å². The van der Waals surface area contributed by atoms with Crippen molar-refractivity contribution >= 4 is 23.2 Å². The highest BCUT2D eigenvalue weighted by Crippen LogP contribution is 2.27. The smallest absolute Gasteiger partial charge is 0.274 e. The maximum atomic E-state index is 12.6. The summed E-state index contributed by atoms with van der Waals surface area (Å²) in [4.78, 5) is 31.6. The molecule has 0 saturated carbocycles. The fourth-order valence-corrected chi connectivity index (χ4v) is 3.26. The molecule has 0 spiro atoms. The number of carbonyl (C=O) groups is 1. The lowest BCUT2D eigenvalue weighted by Crippen LogP contribution is -2.21. The molecule has 0 atom stereocenters. The van der Waals surface area contributed by atoms with Gasteiger partial charge in [0.2, 0.25) is 0 Å². The molecule has 28 heavy (non-hydrogen) atoms. The summed E-state index contributed by atoms with van der Waals surface area (Å²) < 4.78 is 5.14. The van der Waals surface area contributed by atoms with Gasteiger partial charge in [0, 0.05) is 12.5 Å². The number of anilines is 1. The molecule has 2 N–H and O–H groups in total. The van der Waals surface area contributed by atoms with Gasteiger partial charge < -0.3 is 15.0 Å². The minimum atomic E-state index is -0.490. The second-order valence-corrected chi connectivity index (χ2v) is 6.90. The first kappa shape index (κ1) is 19.6. The van der Waals surface area contributed by atoms with Crippen molar-refractivity contribution in [2.75, 3.05) is 12.4 Å². The maximum Gasteiger partial charge on any atom is 0.274 e. The molecule has 3 aromatic rings. The molecule has 0 aliphatic heterocycles. The minimum Gasteiger partial charge on any atom is -0.497 e. The van der Waals surface area contributed by atoms with Crippen LogP contribution in [0.2, 0.25) is 5.02 Å². The molecule has 144 valence electrons. The molecular formula is C21H20ClN3O3. The average Bonchev–Trinajstić information content (AvgIpc) is 2.64. The predicted molar refractivity (Wildman–Crippen MR) is 110 cm³/mol. The van der Waals surface area contributed by atoms with E-state index >= 15 is 0 Å². The number of H-pyrrole nitrogens is 1. The molecule has 0 unspecified atom stereocenters. The van der Waals surface area contributed by atoms with Gasteiger partial charge in [-0.15, -0.1) is 0 Å². The van der Waals surface area contributed by atoms with Crippen LogP contribution in [0.1, 0.15) is 33.0 Å². The third-order valence-corrected chi connectivity index (χ3v) is 4.52. The Balaban J connectivity index is 1.84. The van der Waals surface area contributed by atoms with Crippen molar-refractivity contribution in [3.8, 4) is 5.75 Å². The fourth-order valence-electron chi connectivity index (χ4n) is 2.90. The van der Waals surface area contributed by atoms with Gasteiger partial charge in [-0.2, -0.15) is 0 Å². The SMILES string of the molecule is COc1ccc(Cc2nc(C(=O)Nc3c(C)cc(C)cc3Cl)cc(=O)[nH]2)cc1. The zero-order valence-electron chi connectivity index (χ0n) is 15.8. The van der Waals surface area contributed by atoms with Gasteiger partial charge in [0.05, 0.1) is 17.8 Å². The van der Waals surface area contributed by atoms with E-state index in [-0.39, 0.29) is 5.69 Å². The number of halogens is 1. The number of aromatic nitrogens is 2. The van der Waals surface area contributed by atoms with Crippen molar-refractivity contribution in [3.05, 3.63) is 86.0 Å². The summed E-state index contributed by atoms with van der Waals surface area (Å²) in [5.74, 6) is 0.647. The van der Waals surface area contributed by atoms with Crippen molar-refractivity contribution in [1.82, 2.24) is 9.97 Å². The van der Waals surface area contributed by atoms with Crippen molar-refractivity contribution < 1.29 is 9.53 Å². The fraction of sp³-hybridized carbons (Fsp3) is 0.190. The van der Waals surface area contributed by atoms with Crippen molar-refractivity contribution in [2.45, 2.75) is 20.3 Å². The van der Waals surface area contributed by atoms with Crippen LogP contribution < -0.4 is 15.6 Å². The lowest BCUT2D eigenvalue weighted by molar-refractivity contribution is 0.102. The molecule has 7 heteroatoms. The largest absolute Gasteiger partial charge is 0.497 e. The quantitative estimate of drug-likeness (QED) is 0.684. The van der Waals surface area contributed by atoms with Crippen molar-refractivity contribution in [3.63, 3.8) is 0 Å². The number of benzene rings is 2. The number of nitrogens with one attached hydrogen (secondary N) is 2. The van der Waals surface area contributed by atoms with E-state index in [0.717, 1.165) is 22.4 Å². The van der Waals surface area contributed by atoms with Gasteiger partial charge in [0.15, 0.2) is 0 Å². The first-order valence-corrected chi connectivity index (χ1v) is 9.05. The number of hydrogen-bond acceptors (Lipinski definition) is 4. The van der Waals surface area contributed by atoms with Gasteiger partial charge in [0.1, 0.15) is 17.3 Å². The normalized spacial score (nSPS) is 10.6. The summed E-state index contributed by atoms with van der Waals surface area (Å²) in [7, 11) is 1.60. The van der Waals surface area contributed by atoms with Gasteiger partial charge in [-0.05, 0) is 48.7 Å². The number of aromatic amines is 1. The van der Waals surface area contributed by atoms with Crippen molar-refractivity contribution in [2.24, 2.45) is 0 Å². The lowest BCUT2D eigenvalue weighted by Gasteiger charge is -2.11. The first-order valence-electron chi connectivity index (χ1n) is 8.67. The Bertz CT molecular complexity index is 1050. The van der Waals surface area contributed by atoms with Crippen LogP contribution in [0.3, 0.4) is 0 Å². The summed E-state index contributed by atoms with van der Waals surface area (Å²) in [6, 6.07) is 12.3. The maximum absolute atomic E-state index is 12.6. The Morgan fingerprint density at radius 2 is 1.89 bits per heavy atom. The minimum absolute atomic E-state index is 0.0308. The predicted octanol–water partition coefficient (Wildman–Crippen LogP) is 3.89.